The Morgan fingerprint density at radius 3 is 2.58 bits per heavy atom. The highest BCUT2D eigenvalue weighted by atomic mass is 35.5. The molecule has 6 nitrogen and oxygen atoms in total. The first-order valence-corrected chi connectivity index (χ1v) is 10.1. The molecule has 2 aromatic rings. The van der Waals surface area contributed by atoms with Crippen LogP contribution in [0.5, 0.6) is 0 Å². The molecule has 1 aliphatic carbocycles. The van der Waals surface area contributed by atoms with Crippen LogP contribution in [0.3, 0.4) is 0 Å². The number of rotatable bonds is 4. The van der Waals surface area contributed by atoms with Gasteiger partial charge in [0.1, 0.15) is 0 Å². The second-order valence-corrected chi connectivity index (χ2v) is 7.89. The van der Waals surface area contributed by atoms with E-state index in [1.54, 1.807) is 0 Å². The van der Waals surface area contributed by atoms with Crippen molar-refractivity contribution in [2.24, 2.45) is 0 Å². The van der Waals surface area contributed by atoms with Crippen LogP contribution in [0.1, 0.15) is 56.9 Å². The highest BCUT2D eigenvalue weighted by Crippen LogP contribution is 2.31. The van der Waals surface area contributed by atoms with Gasteiger partial charge in [-0.1, -0.05) is 36.9 Å². The first-order valence-electron chi connectivity index (χ1n) is 9.75. The summed E-state index contributed by atoms with van der Waals surface area (Å²) < 4.78 is 2.10. The molecule has 1 atom stereocenters. The van der Waals surface area contributed by atoms with Crippen LogP contribution in [0.2, 0.25) is 5.02 Å². The summed E-state index contributed by atoms with van der Waals surface area (Å²) in [5.41, 5.74) is 1.21. The zero-order valence-electron chi connectivity index (χ0n) is 15.4. The number of nitrogens with zero attached hydrogens (tertiary/aromatic N) is 6. The van der Waals surface area contributed by atoms with Crippen molar-refractivity contribution in [1.82, 2.24) is 25.1 Å². The molecule has 1 aromatic carbocycles. The molecule has 1 saturated carbocycles. The van der Waals surface area contributed by atoms with Crippen molar-refractivity contribution in [3.63, 3.8) is 0 Å². The molecule has 2 fully saturated rings. The minimum Gasteiger partial charge on any atom is -0.369 e. The van der Waals surface area contributed by atoms with E-state index in [9.17, 15) is 0 Å². The summed E-state index contributed by atoms with van der Waals surface area (Å²) in [6, 6.07) is 8.84. The summed E-state index contributed by atoms with van der Waals surface area (Å²) in [6.45, 7) is 6.24. The van der Waals surface area contributed by atoms with E-state index in [1.165, 1.54) is 37.8 Å². The lowest BCUT2D eigenvalue weighted by Gasteiger charge is -2.39. The summed E-state index contributed by atoms with van der Waals surface area (Å²) in [5, 5.41) is 13.5. The van der Waals surface area contributed by atoms with Crippen molar-refractivity contribution in [2.45, 2.75) is 51.1 Å². The van der Waals surface area contributed by atoms with Crippen LogP contribution in [0.25, 0.3) is 0 Å². The standard InChI is InChI=1S/C19H27ClN6/c1-15(19-21-22-23-26(19)17-7-3-2-4-8-17)24-10-12-25(13-11-24)18-9-5-6-16(20)14-18/h5-6,9,14-15,17H,2-4,7-8,10-13H2,1H3/t15-/m0/s1. The Labute approximate surface area is 160 Å². The molecular formula is C19H27ClN6. The fraction of sp³-hybridized carbons (Fsp3) is 0.632. The number of hydrogen-bond acceptors (Lipinski definition) is 5. The minimum absolute atomic E-state index is 0.244. The summed E-state index contributed by atoms with van der Waals surface area (Å²) in [6.07, 6.45) is 6.32. The number of aromatic nitrogens is 4. The zero-order valence-corrected chi connectivity index (χ0v) is 16.1. The first-order chi connectivity index (χ1) is 12.7. The molecule has 26 heavy (non-hydrogen) atoms. The van der Waals surface area contributed by atoms with E-state index in [2.05, 4.69) is 43.0 Å². The van der Waals surface area contributed by atoms with Crippen molar-refractivity contribution < 1.29 is 0 Å². The summed E-state index contributed by atoms with van der Waals surface area (Å²) in [5.74, 6) is 1.02. The van der Waals surface area contributed by atoms with Crippen molar-refractivity contribution in [3.8, 4) is 0 Å². The highest BCUT2D eigenvalue weighted by Gasteiger charge is 2.28. The van der Waals surface area contributed by atoms with Crippen LogP contribution in [-0.2, 0) is 0 Å². The lowest BCUT2D eigenvalue weighted by atomic mass is 9.95. The van der Waals surface area contributed by atoms with E-state index >= 15 is 0 Å². The average molecular weight is 375 g/mol. The molecule has 0 amide bonds. The quantitative estimate of drug-likeness (QED) is 0.816. The predicted octanol–water partition coefficient (Wildman–Crippen LogP) is 3.71. The van der Waals surface area contributed by atoms with Gasteiger partial charge in [-0.25, -0.2) is 4.68 Å². The first kappa shape index (κ1) is 17.7. The van der Waals surface area contributed by atoms with Gasteiger partial charge in [0.25, 0.3) is 0 Å². The highest BCUT2D eigenvalue weighted by molar-refractivity contribution is 6.30. The van der Waals surface area contributed by atoms with Crippen LogP contribution in [-0.4, -0.2) is 51.3 Å². The Balaban J connectivity index is 1.41. The summed E-state index contributed by atoms with van der Waals surface area (Å²) >= 11 is 6.14. The van der Waals surface area contributed by atoms with Gasteiger partial charge in [0.15, 0.2) is 5.82 Å². The van der Waals surface area contributed by atoms with Crippen LogP contribution in [0.15, 0.2) is 24.3 Å². The second kappa shape index (κ2) is 7.92. The van der Waals surface area contributed by atoms with Crippen LogP contribution in [0, 0.1) is 0 Å². The Hall–Kier alpha value is -1.66. The van der Waals surface area contributed by atoms with E-state index in [-0.39, 0.29) is 6.04 Å². The topological polar surface area (TPSA) is 50.1 Å². The molecule has 7 heteroatoms. The van der Waals surface area contributed by atoms with Crippen molar-refractivity contribution >= 4 is 17.3 Å². The Morgan fingerprint density at radius 1 is 1.08 bits per heavy atom. The zero-order chi connectivity index (χ0) is 17.9. The van der Waals surface area contributed by atoms with Gasteiger partial charge in [0.2, 0.25) is 0 Å². The molecule has 0 unspecified atom stereocenters. The maximum Gasteiger partial charge on any atom is 0.168 e. The van der Waals surface area contributed by atoms with E-state index < -0.39 is 0 Å². The van der Waals surface area contributed by atoms with E-state index in [1.807, 2.05) is 18.2 Å². The second-order valence-electron chi connectivity index (χ2n) is 7.45. The monoisotopic (exact) mass is 374 g/mol. The third kappa shape index (κ3) is 3.71. The minimum atomic E-state index is 0.244. The molecule has 0 radical (unpaired) electrons. The van der Waals surface area contributed by atoms with Crippen LogP contribution < -0.4 is 4.90 Å². The number of tetrazole rings is 1. The van der Waals surface area contributed by atoms with Gasteiger partial charge in [0, 0.05) is 36.9 Å². The van der Waals surface area contributed by atoms with Crippen LogP contribution >= 0.6 is 11.6 Å². The fourth-order valence-corrected chi connectivity index (χ4v) is 4.45. The number of benzene rings is 1. The third-order valence-electron chi connectivity index (χ3n) is 5.85. The molecule has 0 N–H and O–H groups in total. The molecule has 1 saturated heterocycles. The normalized spacial score (nSPS) is 21.1. The predicted molar refractivity (Wildman–Crippen MR) is 104 cm³/mol. The maximum absolute atomic E-state index is 6.14. The molecule has 1 aliphatic heterocycles. The lowest BCUT2D eigenvalue weighted by molar-refractivity contribution is 0.180. The number of piperazine rings is 1. The molecule has 4 rings (SSSR count). The van der Waals surface area contributed by atoms with E-state index in [4.69, 9.17) is 11.6 Å². The molecule has 0 bridgehead atoms. The number of halogens is 1. The lowest BCUT2D eigenvalue weighted by Crippen LogP contribution is -2.47. The molecule has 1 aromatic heterocycles. The molecule has 2 aliphatic rings. The smallest absolute Gasteiger partial charge is 0.168 e. The van der Waals surface area contributed by atoms with E-state index in [0.717, 1.165) is 37.0 Å². The fourth-order valence-electron chi connectivity index (χ4n) is 4.26. The van der Waals surface area contributed by atoms with Gasteiger partial charge in [0.05, 0.1) is 12.1 Å². The van der Waals surface area contributed by atoms with Gasteiger partial charge in [-0.2, -0.15) is 0 Å². The van der Waals surface area contributed by atoms with Crippen molar-refractivity contribution in [1.29, 1.82) is 0 Å². The van der Waals surface area contributed by atoms with Gasteiger partial charge in [-0.3, -0.25) is 4.90 Å². The van der Waals surface area contributed by atoms with Gasteiger partial charge >= 0.3 is 0 Å². The van der Waals surface area contributed by atoms with Crippen molar-refractivity contribution in [2.75, 3.05) is 31.1 Å². The molecule has 0 spiro atoms. The Morgan fingerprint density at radius 2 is 1.85 bits per heavy atom. The summed E-state index contributed by atoms with van der Waals surface area (Å²) in [7, 11) is 0. The molecule has 2 heterocycles. The van der Waals surface area contributed by atoms with Crippen LogP contribution in [0.4, 0.5) is 5.69 Å². The maximum atomic E-state index is 6.14. The van der Waals surface area contributed by atoms with Gasteiger partial charge < -0.3 is 4.90 Å². The molecular weight excluding hydrogens is 348 g/mol. The summed E-state index contributed by atoms with van der Waals surface area (Å²) in [4.78, 5) is 4.89. The van der Waals surface area contributed by atoms with Gasteiger partial charge in [-0.15, -0.1) is 5.10 Å². The Bertz CT molecular complexity index is 718. The van der Waals surface area contributed by atoms with Gasteiger partial charge in [-0.05, 0) is 48.4 Å². The SMILES string of the molecule is C[C@@H](c1nnnn1C1CCCCC1)N1CCN(c2cccc(Cl)c2)CC1. The average Bonchev–Trinajstić information content (AvgIpc) is 3.18. The Kier molecular flexibility index (Phi) is 5.41. The largest absolute Gasteiger partial charge is 0.369 e. The van der Waals surface area contributed by atoms with E-state index in [0.29, 0.717) is 6.04 Å². The number of anilines is 1. The molecule has 140 valence electrons. The third-order valence-corrected chi connectivity index (χ3v) is 6.08. The van der Waals surface area contributed by atoms with Crippen molar-refractivity contribution in [3.05, 3.63) is 35.1 Å². The number of hydrogen-bond donors (Lipinski definition) is 0.